The van der Waals surface area contributed by atoms with E-state index in [0.29, 0.717) is 5.56 Å². The lowest BCUT2D eigenvalue weighted by atomic mass is 10.2. The molecule has 0 saturated heterocycles. The number of nitrogens with one attached hydrogen (secondary N) is 1. The van der Waals surface area contributed by atoms with Crippen molar-refractivity contribution in [3.8, 4) is 0 Å². The Hall–Kier alpha value is -2.25. The maximum atomic E-state index is 13.4. The van der Waals surface area contributed by atoms with Crippen LogP contribution in [0.2, 0.25) is 0 Å². The third kappa shape index (κ3) is 3.65. The number of halogens is 1. The van der Waals surface area contributed by atoms with Gasteiger partial charge in [-0.25, -0.2) is 9.37 Å². The molecular weight excluding hydrogens is 277 g/mol. The molecule has 21 heavy (non-hydrogen) atoms. The van der Waals surface area contributed by atoms with Gasteiger partial charge < -0.3 is 20.6 Å². The first kappa shape index (κ1) is 15.1. The van der Waals surface area contributed by atoms with Crippen molar-refractivity contribution in [1.29, 1.82) is 0 Å². The summed E-state index contributed by atoms with van der Waals surface area (Å²) in [5.74, 6) is -0.832. The van der Waals surface area contributed by atoms with Gasteiger partial charge in [-0.2, -0.15) is 0 Å². The Labute approximate surface area is 120 Å². The zero-order valence-electron chi connectivity index (χ0n) is 11.4. The van der Waals surface area contributed by atoms with E-state index in [0.717, 1.165) is 6.26 Å². The molecule has 1 aromatic carbocycles. The molecule has 6 nitrogen and oxygen atoms in total. The molecule has 0 aliphatic rings. The maximum absolute atomic E-state index is 13.4. The van der Waals surface area contributed by atoms with Gasteiger partial charge in [-0.3, -0.25) is 4.79 Å². The van der Waals surface area contributed by atoms with Crippen LogP contribution >= 0.6 is 0 Å². The van der Waals surface area contributed by atoms with Gasteiger partial charge in [-0.05, 0) is 13.0 Å². The van der Waals surface area contributed by atoms with Crippen molar-refractivity contribution < 1.29 is 18.7 Å². The molecule has 0 spiro atoms. The number of aromatic nitrogens is 1. The van der Waals surface area contributed by atoms with E-state index in [2.05, 4.69) is 10.3 Å². The average Bonchev–Trinajstić information content (AvgIpc) is 2.95. The number of oxazole rings is 1. The first-order valence-corrected chi connectivity index (χ1v) is 6.39. The molecule has 0 bridgehead atoms. The van der Waals surface area contributed by atoms with Gasteiger partial charge in [0.25, 0.3) is 5.91 Å². The molecular formula is C14H16FN3O3. The molecule has 2 aromatic rings. The summed E-state index contributed by atoms with van der Waals surface area (Å²) >= 11 is 0. The Bertz CT molecular complexity index is 627. The van der Waals surface area contributed by atoms with Crippen molar-refractivity contribution in [1.82, 2.24) is 10.3 Å². The van der Waals surface area contributed by atoms with E-state index < -0.39 is 23.9 Å². The van der Waals surface area contributed by atoms with Crippen LogP contribution in [0.3, 0.4) is 0 Å². The summed E-state index contributed by atoms with van der Waals surface area (Å²) in [5.41, 5.74) is 6.04. The van der Waals surface area contributed by atoms with Crippen molar-refractivity contribution in [3.63, 3.8) is 0 Å². The molecule has 1 heterocycles. The summed E-state index contributed by atoms with van der Waals surface area (Å²) in [4.78, 5) is 15.8. The van der Waals surface area contributed by atoms with Crippen LogP contribution in [0.1, 0.15) is 34.9 Å². The van der Waals surface area contributed by atoms with Gasteiger partial charge in [-0.1, -0.05) is 18.2 Å². The quantitative estimate of drug-likeness (QED) is 0.767. The predicted octanol–water partition coefficient (Wildman–Crippen LogP) is 1.12. The molecule has 1 amide bonds. The second kappa shape index (κ2) is 6.47. The molecule has 0 aliphatic carbocycles. The lowest BCUT2D eigenvalue weighted by Gasteiger charge is -2.09. The van der Waals surface area contributed by atoms with Gasteiger partial charge in [0.05, 0.1) is 6.10 Å². The number of aliphatic hydroxyl groups excluding tert-OH is 1. The summed E-state index contributed by atoms with van der Waals surface area (Å²) in [6.45, 7) is 1.53. The fraction of sp³-hybridized carbons (Fsp3) is 0.286. The number of rotatable bonds is 5. The minimum atomic E-state index is -0.849. The average molecular weight is 293 g/mol. The van der Waals surface area contributed by atoms with Crippen LogP contribution in [0.4, 0.5) is 4.39 Å². The first-order valence-electron chi connectivity index (χ1n) is 6.39. The normalized spacial score (nSPS) is 13.7. The molecule has 4 N–H and O–H groups in total. The highest BCUT2D eigenvalue weighted by Gasteiger charge is 2.20. The highest BCUT2D eigenvalue weighted by Crippen LogP contribution is 2.14. The van der Waals surface area contributed by atoms with Gasteiger partial charge in [0.15, 0.2) is 5.69 Å². The second-order valence-corrected chi connectivity index (χ2v) is 4.61. The van der Waals surface area contributed by atoms with Crippen molar-refractivity contribution in [2.75, 3.05) is 0 Å². The number of hydrogen-bond donors (Lipinski definition) is 3. The number of carbonyl (C=O) groups is 1. The third-order valence-corrected chi connectivity index (χ3v) is 2.96. The van der Waals surface area contributed by atoms with Crippen molar-refractivity contribution >= 4 is 5.91 Å². The third-order valence-electron chi connectivity index (χ3n) is 2.96. The molecule has 2 atom stereocenters. The van der Waals surface area contributed by atoms with Gasteiger partial charge in [0.2, 0.25) is 5.89 Å². The highest BCUT2D eigenvalue weighted by molar-refractivity contribution is 5.91. The zero-order chi connectivity index (χ0) is 15.4. The molecule has 7 heteroatoms. The fourth-order valence-corrected chi connectivity index (χ4v) is 1.66. The van der Waals surface area contributed by atoms with E-state index in [1.54, 1.807) is 18.2 Å². The highest BCUT2D eigenvalue weighted by atomic mass is 19.1. The smallest absolute Gasteiger partial charge is 0.273 e. The second-order valence-electron chi connectivity index (χ2n) is 4.61. The van der Waals surface area contributed by atoms with E-state index >= 15 is 0 Å². The largest absolute Gasteiger partial charge is 0.446 e. The van der Waals surface area contributed by atoms with Crippen LogP contribution in [-0.2, 0) is 6.54 Å². The molecule has 0 aliphatic heterocycles. The predicted molar refractivity (Wildman–Crippen MR) is 72.7 cm³/mol. The van der Waals surface area contributed by atoms with Crippen molar-refractivity contribution in [2.45, 2.75) is 25.6 Å². The summed E-state index contributed by atoms with van der Waals surface area (Å²) in [7, 11) is 0. The summed E-state index contributed by atoms with van der Waals surface area (Å²) in [6.07, 6.45) is 0.298. The minimum absolute atomic E-state index is 0.0254. The Balaban J connectivity index is 2.00. The SMILES string of the molecule is CC(O)C(N)c1nc(C(=O)NCc2ccccc2F)co1. The van der Waals surface area contributed by atoms with Crippen LogP contribution in [-0.4, -0.2) is 22.1 Å². The number of amides is 1. The first-order chi connectivity index (χ1) is 9.99. The summed E-state index contributed by atoms with van der Waals surface area (Å²) in [6, 6.07) is 5.34. The van der Waals surface area contributed by atoms with Crippen LogP contribution < -0.4 is 11.1 Å². The fourth-order valence-electron chi connectivity index (χ4n) is 1.66. The summed E-state index contributed by atoms with van der Waals surface area (Å²) in [5, 5.41) is 11.9. The number of nitrogens with zero attached hydrogens (tertiary/aromatic N) is 1. The molecule has 2 rings (SSSR count). The van der Waals surface area contributed by atoms with E-state index in [-0.39, 0.29) is 18.1 Å². The molecule has 0 fully saturated rings. The van der Waals surface area contributed by atoms with Gasteiger partial charge >= 0.3 is 0 Å². The standard InChI is InChI=1S/C14H16FN3O3/c1-8(19)12(16)14-18-11(7-21-14)13(20)17-6-9-4-2-3-5-10(9)15/h2-5,7-8,12,19H,6,16H2,1H3,(H,17,20). The van der Waals surface area contributed by atoms with E-state index in [4.69, 9.17) is 10.2 Å². The van der Waals surface area contributed by atoms with Crippen molar-refractivity contribution in [2.24, 2.45) is 5.73 Å². The number of aliphatic hydroxyl groups is 1. The van der Waals surface area contributed by atoms with Gasteiger partial charge in [-0.15, -0.1) is 0 Å². The molecule has 2 unspecified atom stereocenters. The molecule has 0 radical (unpaired) electrons. The van der Waals surface area contributed by atoms with Crippen LogP contribution in [0.5, 0.6) is 0 Å². The Morgan fingerprint density at radius 1 is 1.52 bits per heavy atom. The molecule has 112 valence electrons. The number of hydrogen-bond acceptors (Lipinski definition) is 5. The lowest BCUT2D eigenvalue weighted by Crippen LogP contribution is -2.25. The zero-order valence-corrected chi connectivity index (χ0v) is 11.4. The Morgan fingerprint density at radius 2 is 2.24 bits per heavy atom. The summed E-state index contributed by atoms with van der Waals surface area (Å²) < 4.78 is 18.5. The van der Waals surface area contributed by atoms with E-state index in [1.807, 2.05) is 0 Å². The monoisotopic (exact) mass is 293 g/mol. The Kier molecular flexibility index (Phi) is 4.66. The van der Waals surface area contributed by atoms with E-state index in [1.165, 1.54) is 13.0 Å². The van der Waals surface area contributed by atoms with Crippen LogP contribution in [0.15, 0.2) is 34.9 Å². The molecule has 0 saturated carbocycles. The van der Waals surface area contributed by atoms with Crippen molar-refractivity contribution in [3.05, 3.63) is 53.5 Å². The lowest BCUT2D eigenvalue weighted by molar-refractivity contribution is 0.0945. The number of benzene rings is 1. The minimum Gasteiger partial charge on any atom is -0.446 e. The van der Waals surface area contributed by atoms with E-state index in [9.17, 15) is 14.3 Å². The Morgan fingerprint density at radius 3 is 2.90 bits per heavy atom. The van der Waals surface area contributed by atoms with Crippen LogP contribution in [0, 0.1) is 5.82 Å². The maximum Gasteiger partial charge on any atom is 0.273 e. The molecule has 1 aromatic heterocycles. The topological polar surface area (TPSA) is 101 Å². The van der Waals surface area contributed by atoms with Gasteiger partial charge in [0.1, 0.15) is 18.1 Å². The van der Waals surface area contributed by atoms with Gasteiger partial charge in [0, 0.05) is 12.1 Å². The number of carbonyl (C=O) groups excluding carboxylic acids is 1. The number of nitrogens with two attached hydrogens (primary N) is 1. The van der Waals surface area contributed by atoms with Crippen LogP contribution in [0.25, 0.3) is 0 Å².